The quantitative estimate of drug-likeness (QED) is 0.813. The first-order chi connectivity index (χ1) is 14.1. The summed E-state index contributed by atoms with van der Waals surface area (Å²) in [5, 5.41) is 2.84. The summed E-state index contributed by atoms with van der Waals surface area (Å²) in [7, 11) is 1.58. The van der Waals surface area contributed by atoms with Gasteiger partial charge in [-0.25, -0.2) is 0 Å². The molecule has 0 bridgehead atoms. The number of nitrogens with one attached hydrogen (secondary N) is 1. The summed E-state index contributed by atoms with van der Waals surface area (Å²) < 4.78 is 16.2. The number of carbonyl (C=O) groups is 2. The molecular weight excluding hydrogens is 372 g/mol. The molecule has 1 unspecified atom stereocenters. The lowest BCUT2D eigenvalue weighted by Gasteiger charge is -2.21. The summed E-state index contributed by atoms with van der Waals surface area (Å²) in [6.07, 6.45) is 2.14. The summed E-state index contributed by atoms with van der Waals surface area (Å²) in [6.45, 7) is 1.16. The van der Waals surface area contributed by atoms with Gasteiger partial charge in [0.15, 0.2) is 6.61 Å². The standard InChI is InChI=1S/C22H24N2O5/c1-27-17-4-2-5-18(13-17)29-14-21(25)23-16-8-7-15-9-10-24(19(15)12-16)22(26)20-6-3-11-28-20/h2,4-5,7-8,12-13,20H,3,6,9-11,14H2,1H3,(H,23,25). The second-order valence-electron chi connectivity index (χ2n) is 7.10. The Hall–Kier alpha value is -3.06. The lowest BCUT2D eigenvalue weighted by Crippen LogP contribution is -2.37. The highest BCUT2D eigenvalue weighted by Crippen LogP contribution is 2.32. The van der Waals surface area contributed by atoms with Gasteiger partial charge in [-0.3, -0.25) is 9.59 Å². The minimum Gasteiger partial charge on any atom is -0.497 e. The minimum atomic E-state index is -0.351. The van der Waals surface area contributed by atoms with E-state index in [4.69, 9.17) is 14.2 Å². The van der Waals surface area contributed by atoms with Crippen LogP contribution >= 0.6 is 0 Å². The van der Waals surface area contributed by atoms with E-state index in [9.17, 15) is 9.59 Å². The number of rotatable bonds is 6. The summed E-state index contributed by atoms with van der Waals surface area (Å²) >= 11 is 0. The van der Waals surface area contributed by atoms with Crippen molar-refractivity contribution in [3.05, 3.63) is 48.0 Å². The summed E-state index contributed by atoms with van der Waals surface area (Å²) in [5.41, 5.74) is 2.58. The van der Waals surface area contributed by atoms with E-state index in [1.807, 2.05) is 18.2 Å². The van der Waals surface area contributed by atoms with Gasteiger partial charge in [-0.2, -0.15) is 0 Å². The molecule has 29 heavy (non-hydrogen) atoms. The van der Waals surface area contributed by atoms with Crippen LogP contribution in [-0.4, -0.2) is 44.8 Å². The molecule has 0 saturated carbocycles. The third-order valence-corrected chi connectivity index (χ3v) is 5.15. The number of hydrogen-bond donors (Lipinski definition) is 1. The van der Waals surface area contributed by atoms with Crippen molar-refractivity contribution in [2.45, 2.75) is 25.4 Å². The van der Waals surface area contributed by atoms with E-state index in [-0.39, 0.29) is 24.5 Å². The molecule has 152 valence electrons. The molecule has 1 N–H and O–H groups in total. The Labute approximate surface area is 169 Å². The molecule has 0 aliphatic carbocycles. The van der Waals surface area contributed by atoms with Crippen LogP contribution in [0.1, 0.15) is 18.4 Å². The van der Waals surface area contributed by atoms with Gasteiger partial charge in [0.1, 0.15) is 17.6 Å². The molecule has 2 heterocycles. The Kier molecular flexibility index (Phi) is 5.67. The van der Waals surface area contributed by atoms with E-state index in [2.05, 4.69) is 5.32 Å². The number of ether oxygens (including phenoxy) is 3. The maximum atomic E-state index is 12.7. The van der Waals surface area contributed by atoms with Gasteiger partial charge in [0.2, 0.25) is 0 Å². The molecule has 2 aromatic rings. The van der Waals surface area contributed by atoms with Crippen molar-refractivity contribution in [2.75, 3.05) is 37.1 Å². The van der Waals surface area contributed by atoms with Crippen LogP contribution in [0.15, 0.2) is 42.5 Å². The van der Waals surface area contributed by atoms with Gasteiger partial charge >= 0.3 is 0 Å². The number of carbonyl (C=O) groups excluding carboxylic acids is 2. The lowest BCUT2D eigenvalue weighted by molar-refractivity contribution is -0.127. The highest BCUT2D eigenvalue weighted by molar-refractivity contribution is 6.00. The smallest absolute Gasteiger partial charge is 0.262 e. The molecule has 0 spiro atoms. The highest BCUT2D eigenvalue weighted by atomic mass is 16.5. The van der Waals surface area contributed by atoms with Crippen LogP contribution in [0, 0.1) is 0 Å². The molecule has 2 aromatic carbocycles. The normalized spacial score (nSPS) is 17.7. The van der Waals surface area contributed by atoms with Crippen LogP contribution in [-0.2, 0) is 20.7 Å². The maximum Gasteiger partial charge on any atom is 0.262 e. The van der Waals surface area contributed by atoms with Crippen LogP contribution in [0.2, 0.25) is 0 Å². The first kappa shape index (κ1) is 19.3. The molecule has 2 aliphatic rings. The molecular formula is C22H24N2O5. The van der Waals surface area contributed by atoms with Crippen molar-refractivity contribution >= 4 is 23.2 Å². The Morgan fingerprint density at radius 1 is 1.21 bits per heavy atom. The Balaban J connectivity index is 1.39. The fourth-order valence-electron chi connectivity index (χ4n) is 3.67. The zero-order chi connectivity index (χ0) is 20.2. The molecule has 0 radical (unpaired) electrons. The molecule has 1 atom stereocenters. The average molecular weight is 396 g/mol. The summed E-state index contributed by atoms with van der Waals surface area (Å²) in [5.74, 6) is 0.952. The number of methoxy groups -OCH3 is 1. The molecule has 1 saturated heterocycles. The Morgan fingerprint density at radius 3 is 2.86 bits per heavy atom. The summed E-state index contributed by atoms with van der Waals surface area (Å²) in [4.78, 5) is 26.8. The zero-order valence-corrected chi connectivity index (χ0v) is 16.3. The maximum absolute atomic E-state index is 12.7. The van der Waals surface area contributed by atoms with Crippen molar-refractivity contribution in [1.82, 2.24) is 0 Å². The van der Waals surface area contributed by atoms with E-state index in [1.54, 1.807) is 36.3 Å². The average Bonchev–Trinajstić information content (AvgIpc) is 3.42. The number of fused-ring (bicyclic) bond motifs is 1. The first-order valence-corrected chi connectivity index (χ1v) is 9.76. The predicted octanol–water partition coefficient (Wildman–Crippen LogP) is 2.78. The van der Waals surface area contributed by atoms with Gasteiger partial charge < -0.3 is 24.4 Å². The minimum absolute atomic E-state index is 0.00563. The van der Waals surface area contributed by atoms with Crippen LogP contribution in [0.25, 0.3) is 0 Å². The van der Waals surface area contributed by atoms with Crippen molar-refractivity contribution in [3.63, 3.8) is 0 Å². The van der Waals surface area contributed by atoms with E-state index < -0.39 is 0 Å². The number of anilines is 2. The molecule has 2 aliphatic heterocycles. The van der Waals surface area contributed by atoms with Crippen LogP contribution < -0.4 is 19.7 Å². The van der Waals surface area contributed by atoms with E-state index >= 15 is 0 Å². The number of amides is 2. The van der Waals surface area contributed by atoms with Crippen molar-refractivity contribution in [1.29, 1.82) is 0 Å². The van der Waals surface area contributed by atoms with E-state index in [0.29, 0.717) is 30.3 Å². The van der Waals surface area contributed by atoms with Gasteiger partial charge in [-0.15, -0.1) is 0 Å². The third kappa shape index (κ3) is 4.35. The Bertz CT molecular complexity index is 908. The predicted molar refractivity (Wildman–Crippen MR) is 109 cm³/mol. The van der Waals surface area contributed by atoms with Crippen LogP contribution in [0.5, 0.6) is 11.5 Å². The van der Waals surface area contributed by atoms with Crippen LogP contribution in [0.3, 0.4) is 0 Å². The first-order valence-electron chi connectivity index (χ1n) is 9.76. The Morgan fingerprint density at radius 2 is 2.07 bits per heavy atom. The fourth-order valence-corrected chi connectivity index (χ4v) is 3.67. The number of benzene rings is 2. The molecule has 2 amide bonds. The van der Waals surface area contributed by atoms with E-state index in [1.165, 1.54) is 0 Å². The van der Waals surface area contributed by atoms with E-state index in [0.717, 1.165) is 30.5 Å². The SMILES string of the molecule is COc1cccc(OCC(=O)Nc2ccc3c(c2)N(C(=O)C2CCCO2)CC3)c1. The zero-order valence-electron chi connectivity index (χ0n) is 16.3. The number of hydrogen-bond acceptors (Lipinski definition) is 5. The second kappa shape index (κ2) is 8.53. The van der Waals surface area contributed by atoms with Gasteiger partial charge in [-0.05, 0) is 49.1 Å². The largest absolute Gasteiger partial charge is 0.497 e. The second-order valence-corrected chi connectivity index (χ2v) is 7.10. The molecule has 7 nitrogen and oxygen atoms in total. The fraction of sp³-hybridized carbons (Fsp3) is 0.364. The highest BCUT2D eigenvalue weighted by Gasteiger charge is 2.32. The molecule has 7 heteroatoms. The molecule has 0 aromatic heterocycles. The van der Waals surface area contributed by atoms with Gasteiger partial charge in [-0.1, -0.05) is 12.1 Å². The molecule has 4 rings (SSSR count). The monoisotopic (exact) mass is 396 g/mol. The summed E-state index contributed by atoms with van der Waals surface area (Å²) in [6, 6.07) is 12.7. The topological polar surface area (TPSA) is 77.1 Å². The van der Waals surface area contributed by atoms with Gasteiger partial charge in [0.05, 0.1) is 7.11 Å². The van der Waals surface area contributed by atoms with Gasteiger partial charge in [0.25, 0.3) is 11.8 Å². The van der Waals surface area contributed by atoms with Crippen molar-refractivity contribution in [3.8, 4) is 11.5 Å². The number of nitrogens with zero attached hydrogens (tertiary/aromatic N) is 1. The van der Waals surface area contributed by atoms with Crippen molar-refractivity contribution < 1.29 is 23.8 Å². The van der Waals surface area contributed by atoms with Gasteiger partial charge in [0, 0.05) is 30.6 Å². The third-order valence-electron chi connectivity index (χ3n) is 5.15. The van der Waals surface area contributed by atoms with Crippen LogP contribution in [0.4, 0.5) is 11.4 Å². The lowest BCUT2D eigenvalue weighted by atomic mass is 10.1. The van der Waals surface area contributed by atoms with Crippen molar-refractivity contribution in [2.24, 2.45) is 0 Å². The molecule has 1 fully saturated rings.